The molecule has 0 spiro atoms. The van der Waals surface area contributed by atoms with E-state index in [2.05, 4.69) is 30.4 Å². The second-order valence-corrected chi connectivity index (χ2v) is 5.07. The Balaban J connectivity index is 2.48. The molecule has 0 aliphatic rings. The fourth-order valence-corrected chi connectivity index (χ4v) is 2.46. The van der Waals surface area contributed by atoms with Gasteiger partial charge in [0.25, 0.3) is 0 Å². The van der Waals surface area contributed by atoms with Crippen LogP contribution in [0.4, 0.5) is 0 Å². The molecule has 1 nitrogen and oxygen atoms in total. The molecule has 0 atom stereocenters. The number of benzene rings is 2. The van der Waals surface area contributed by atoms with Crippen LogP contribution in [-0.4, -0.2) is 7.05 Å². The molecule has 1 N–H and O–H groups in total. The van der Waals surface area contributed by atoms with Crippen molar-refractivity contribution in [2.45, 2.75) is 13.5 Å². The normalized spacial score (nSPS) is 10.7. The Morgan fingerprint density at radius 2 is 1.83 bits per heavy atom. The van der Waals surface area contributed by atoms with E-state index in [0.717, 1.165) is 17.7 Å². The van der Waals surface area contributed by atoms with Crippen LogP contribution in [0.5, 0.6) is 0 Å². The average molecular weight is 280 g/mol. The fourth-order valence-electron chi connectivity index (χ4n) is 2.05. The first kappa shape index (κ1) is 13.4. The topological polar surface area (TPSA) is 12.0 Å². The highest BCUT2D eigenvalue weighted by Gasteiger charge is 2.09. The van der Waals surface area contributed by atoms with Gasteiger partial charge in [-0.3, -0.25) is 0 Å². The molecule has 0 aliphatic carbocycles. The molecule has 0 fully saturated rings. The van der Waals surface area contributed by atoms with Crippen molar-refractivity contribution < 1.29 is 0 Å². The number of rotatable bonds is 3. The summed E-state index contributed by atoms with van der Waals surface area (Å²) >= 11 is 12.3. The molecule has 0 aromatic heterocycles. The van der Waals surface area contributed by atoms with Gasteiger partial charge in [0.1, 0.15) is 0 Å². The van der Waals surface area contributed by atoms with E-state index < -0.39 is 0 Å². The third-order valence-corrected chi connectivity index (χ3v) is 3.73. The third-order valence-electron chi connectivity index (χ3n) is 2.91. The summed E-state index contributed by atoms with van der Waals surface area (Å²) in [5, 5.41) is 4.35. The summed E-state index contributed by atoms with van der Waals surface area (Å²) in [5.74, 6) is 0. The van der Waals surface area contributed by atoms with E-state index in [1.54, 1.807) is 6.07 Å². The lowest BCUT2D eigenvalue weighted by Gasteiger charge is -2.11. The van der Waals surface area contributed by atoms with E-state index in [1.807, 2.05) is 19.2 Å². The minimum atomic E-state index is 0.591. The maximum atomic E-state index is 6.26. The summed E-state index contributed by atoms with van der Waals surface area (Å²) in [6, 6.07) is 12.1. The number of aryl methyl sites for hydroxylation is 1. The van der Waals surface area contributed by atoms with Crippen molar-refractivity contribution in [3.05, 3.63) is 57.6 Å². The Morgan fingerprint density at radius 1 is 1.06 bits per heavy atom. The van der Waals surface area contributed by atoms with Crippen LogP contribution in [0.1, 0.15) is 11.1 Å². The van der Waals surface area contributed by atoms with E-state index >= 15 is 0 Å². The maximum absolute atomic E-state index is 6.26. The number of nitrogens with one attached hydrogen (secondary N) is 1. The quantitative estimate of drug-likeness (QED) is 0.860. The predicted octanol–water partition coefficient (Wildman–Crippen LogP) is 4.69. The zero-order valence-corrected chi connectivity index (χ0v) is 11.9. The molecule has 0 aliphatic heterocycles. The van der Waals surface area contributed by atoms with Gasteiger partial charge in [0.05, 0.1) is 10.0 Å². The second-order valence-electron chi connectivity index (χ2n) is 4.28. The highest BCUT2D eigenvalue weighted by molar-refractivity contribution is 6.43. The standard InChI is InChI=1S/C15H15Cl2N/c1-10-8-11(9-18-2)6-7-12(10)13-4-3-5-14(16)15(13)17/h3-8,18H,9H2,1-2H3. The van der Waals surface area contributed by atoms with E-state index in [0.29, 0.717) is 10.0 Å². The van der Waals surface area contributed by atoms with Crippen molar-refractivity contribution in [1.82, 2.24) is 5.32 Å². The van der Waals surface area contributed by atoms with Gasteiger partial charge in [-0.2, -0.15) is 0 Å². The summed E-state index contributed by atoms with van der Waals surface area (Å²) in [5.41, 5.74) is 4.57. The second kappa shape index (κ2) is 5.75. The Hall–Kier alpha value is -1.02. The number of hydrogen-bond acceptors (Lipinski definition) is 1. The van der Waals surface area contributed by atoms with Gasteiger partial charge in [0, 0.05) is 12.1 Å². The first-order valence-corrected chi connectivity index (χ1v) is 6.57. The van der Waals surface area contributed by atoms with Crippen LogP contribution in [0.2, 0.25) is 10.0 Å². The summed E-state index contributed by atoms with van der Waals surface area (Å²) < 4.78 is 0. The molecule has 3 heteroatoms. The Morgan fingerprint density at radius 3 is 2.50 bits per heavy atom. The molecule has 0 bridgehead atoms. The zero-order chi connectivity index (χ0) is 13.1. The highest BCUT2D eigenvalue weighted by atomic mass is 35.5. The van der Waals surface area contributed by atoms with Crippen molar-refractivity contribution in [2.75, 3.05) is 7.05 Å². The molecule has 2 rings (SSSR count). The summed E-state index contributed by atoms with van der Waals surface area (Å²) in [7, 11) is 1.94. The van der Waals surface area contributed by atoms with Crippen LogP contribution in [0.25, 0.3) is 11.1 Å². The SMILES string of the molecule is CNCc1ccc(-c2cccc(Cl)c2Cl)c(C)c1. The van der Waals surface area contributed by atoms with Gasteiger partial charge in [0.15, 0.2) is 0 Å². The smallest absolute Gasteiger partial charge is 0.0670 e. The molecule has 0 radical (unpaired) electrons. The van der Waals surface area contributed by atoms with Gasteiger partial charge in [0.2, 0.25) is 0 Å². The molecule has 2 aromatic rings. The van der Waals surface area contributed by atoms with E-state index in [4.69, 9.17) is 23.2 Å². The average Bonchev–Trinajstić information content (AvgIpc) is 2.34. The third kappa shape index (κ3) is 2.69. The molecule has 18 heavy (non-hydrogen) atoms. The van der Waals surface area contributed by atoms with Crippen molar-refractivity contribution >= 4 is 23.2 Å². The van der Waals surface area contributed by atoms with E-state index in [1.165, 1.54) is 11.1 Å². The molecule has 0 saturated heterocycles. The van der Waals surface area contributed by atoms with Crippen LogP contribution in [0, 0.1) is 6.92 Å². The fraction of sp³-hybridized carbons (Fsp3) is 0.200. The molecule has 0 amide bonds. The van der Waals surface area contributed by atoms with Crippen LogP contribution in [0.15, 0.2) is 36.4 Å². The first-order valence-electron chi connectivity index (χ1n) is 5.82. The van der Waals surface area contributed by atoms with Gasteiger partial charge >= 0.3 is 0 Å². The largest absolute Gasteiger partial charge is 0.316 e. The number of hydrogen-bond donors (Lipinski definition) is 1. The van der Waals surface area contributed by atoms with Gasteiger partial charge < -0.3 is 5.32 Å². The predicted molar refractivity (Wildman–Crippen MR) is 79.4 cm³/mol. The minimum Gasteiger partial charge on any atom is -0.316 e. The minimum absolute atomic E-state index is 0.591. The van der Waals surface area contributed by atoms with E-state index in [9.17, 15) is 0 Å². The highest BCUT2D eigenvalue weighted by Crippen LogP contribution is 2.35. The Labute approximate surface area is 118 Å². The van der Waals surface area contributed by atoms with Gasteiger partial charge in [-0.25, -0.2) is 0 Å². The summed E-state index contributed by atoms with van der Waals surface area (Å²) in [4.78, 5) is 0. The number of halogens is 2. The van der Waals surface area contributed by atoms with Crippen molar-refractivity contribution in [1.29, 1.82) is 0 Å². The molecular formula is C15H15Cl2N. The first-order chi connectivity index (χ1) is 8.63. The van der Waals surface area contributed by atoms with Gasteiger partial charge in [-0.05, 0) is 36.7 Å². The lowest BCUT2D eigenvalue weighted by Crippen LogP contribution is -2.05. The summed E-state index contributed by atoms with van der Waals surface area (Å²) in [6.45, 7) is 2.95. The molecule has 0 unspecified atom stereocenters. The zero-order valence-electron chi connectivity index (χ0n) is 10.4. The van der Waals surface area contributed by atoms with Crippen molar-refractivity contribution in [3.63, 3.8) is 0 Å². The van der Waals surface area contributed by atoms with Gasteiger partial charge in [-0.15, -0.1) is 0 Å². The lowest BCUT2D eigenvalue weighted by molar-refractivity contribution is 0.817. The van der Waals surface area contributed by atoms with Crippen LogP contribution in [-0.2, 0) is 6.54 Å². The molecular weight excluding hydrogens is 265 g/mol. The molecule has 2 aromatic carbocycles. The Kier molecular flexibility index (Phi) is 4.28. The molecule has 0 saturated carbocycles. The van der Waals surface area contributed by atoms with Crippen LogP contribution >= 0.6 is 23.2 Å². The lowest BCUT2D eigenvalue weighted by atomic mass is 9.98. The monoisotopic (exact) mass is 279 g/mol. The van der Waals surface area contributed by atoms with E-state index in [-0.39, 0.29) is 0 Å². The maximum Gasteiger partial charge on any atom is 0.0670 e. The molecule has 0 heterocycles. The van der Waals surface area contributed by atoms with Crippen LogP contribution < -0.4 is 5.32 Å². The van der Waals surface area contributed by atoms with Crippen LogP contribution in [0.3, 0.4) is 0 Å². The van der Waals surface area contributed by atoms with Gasteiger partial charge in [-0.1, -0.05) is 53.5 Å². The van der Waals surface area contributed by atoms with Crippen molar-refractivity contribution in [2.24, 2.45) is 0 Å². The Bertz CT molecular complexity index is 564. The molecule has 94 valence electrons. The van der Waals surface area contributed by atoms with Crippen molar-refractivity contribution in [3.8, 4) is 11.1 Å². The summed E-state index contributed by atoms with van der Waals surface area (Å²) in [6.07, 6.45) is 0.